The van der Waals surface area contributed by atoms with E-state index in [0.29, 0.717) is 6.54 Å². The summed E-state index contributed by atoms with van der Waals surface area (Å²) in [6.45, 7) is 4.68. The summed E-state index contributed by atoms with van der Waals surface area (Å²) in [5, 5.41) is 9.62. The molecule has 0 atom stereocenters. The summed E-state index contributed by atoms with van der Waals surface area (Å²) in [4.78, 5) is 4.52. The van der Waals surface area contributed by atoms with E-state index in [1.807, 2.05) is 31.2 Å². The van der Waals surface area contributed by atoms with Crippen molar-refractivity contribution in [3.63, 3.8) is 0 Å². The highest BCUT2D eigenvalue weighted by molar-refractivity contribution is 8.00. The molecule has 0 N–H and O–H groups in total. The molecule has 3 aromatic heterocycles. The molecule has 6 nitrogen and oxygen atoms in total. The summed E-state index contributed by atoms with van der Waals surface area (Å²) < 4.78 is 12.8. The van der Waals surface area contributed by atoms with E-state index in [4.69, 9.17) is 4.42 Å². The minimum absolute atomic E-state index is 0.561. The largest absolute Gasteiger partial charge is 0.467 e. The van der Waals surface area contributed by atoms with Gasteiger partial charge in [-0.25, -0.2) is 4.98 Å². The zero-order valence-electron chi connectivity index (χ0n) is 14.4. The summed E-state index contributed by atoms with van der Waals surface area (Å²) in [5.41, 5.74) is 2.21. The second-order valence-corrected chi connectivity index (χ2v) is 7.74. The third-order valence-corrected chi connectivity index (χ3v) is 5.61. The molecule has 1 aromatic carbocycles. The number of benzene rings is 1. The van der Waals surface area contributed by atoms with E-state index >= 15 is 0 Å². The molecule has 0 radical (unpaired) electrons. The summed E-state index contributed by atoms with van der Waals surface area (Å²) in [6.07, 6.45) is 2.50. The van der Waals surface area contributed by atoms with Crippen LogP contribution in [-0.2, 0) is 13.0 Å². The van der Waals surface area contributed by atoms with Gasteiger partial charge >= 0.3 is 0 Å². The standard InChI is InChI=1S/C18H17N5OS2/c1-3-15-19-18(26-22-15)25-17-21-20-16(13-7-4-6-12(2)10-13)23(17)11-14-8-5-9-24-14/h4-10H,3,11H2,1-2H3. The van der Waals surface area contributed by atoms with Gasteiger partial charge in [0.2, 0.25) is 0 Å². The molecule has 0 fully saturated rings. The van der Waals surface area contributed by atoms with Crippen LogP contribution in [0.3, 0.4) is 0 Å². The molecule has 132 valence electrons. The van der Waals surface area contributed by atoms with Crippen LogP contribution < -0.4 is 0 Å². The number of hydrogen-bond donors (Lipinski definition) is 0. The molecule has 0 unspecified atom stereocenters. The van der Waals surface area contributed by atoms with Crippen LogP contribution in [0.1, 0.15) is 24.1 Å². The number of aryl methyl sites for hydroxylation is 2. The first-order chi connectivity index (χ1) is 12.7. The van der Waals surface area contributed by atoms with Crippen LogP contribution in [0.25, 0.3) is 11.4 Å². The maximum absolute atomic E-state index is 5.54. The Morgan fingerprint density at radius 1 is 1.19 bits per heavy atom. The van der Waals surface area contributed by atoms with Crippen molar-refractivity contribution >= 4 is 23.3 Å². The molecule has 26 heavy (non-hydrogen) atoms. The highest BCUT2D eigenvalue weighted by Gasteiger charge is 2.18. The van der Waals surface area contributed by atoms with Gasteiger partial charge in [-0.2, -0.15) is 4.37 Å². The lowest BCUT2D eigenvalue weighted by Gasteiger charge is -2.08. The van der Waals surface area contributed by atoms with Crippen molar-refractivity contribution < 1.29 is 4.42 Å². The molecule has 0 aliphatic rings. The molecule has 0 aliphatic carbocycles. The molecule has 3 heterocycles. The van der Waals surface area contributed by atoms with Crippen molar-refractivity contribution in [2.45, 2.75) is 36.3 Å². The minimum Gasteiger partial charge on any atom is -0.467 e. The Kier molecular flexibility index (Phi) is 4.85. The van der Waals surface area contributed by atoms with Crippen molar-refractivity contribution in [2.24, 2.45) is 0 Å². The molecular formula is C18H17N5OS2. The predicted octanol–water partition coefficient (Wildman–Crippen LogP) is 4.46. The second-order valence-electron chi connectivity index (χ2n) is 5.77. The molecule has 0 saturated carbocycles. The summed E-state index contributed by atoms with van der Waals surface area (Å²) >= 11 is 2.88. The van der Waals surface area contributed by atoms with E-state index in [9.17, 15) is 0 Å². The maximum atomic E-state index is 5.54. The quantitative estimate of drug-likeness (QED) is 0.490. The Morgan fingerprint density at radius 3 is 2.85 bits per heavy atom. The van der Waals surface area contributed by atoms with Crippen molar-refractivity contribution in [2.75, 3.05) is 0 Å². The smallest absolute Gasteiger partial charge is 0.199 e. The van der Waals surface area contributed by atoms with Crippen LogP contribution in [0.15, 0.2) is 56.6 Å². The summed E-state index contributed by atoms with van der Waals surface area (Å²) in [7, 11) is 0. The van der Waals surface area contributed by atoms with Crippen LogP contribution in [-0.4, -0.2) is 24.1 Å². The third-order valence-electron chi connectivity index (χ3n) is 3.83. The predicted molar refractivity (Wildman–Crippen MR) is 101 cm³/mol. The number of aromatic nitrogens is 5. The molecular weight excluding hydrogens is 366 g/mol. The fourth-order valence-electron chi connectivity index (χ4n) is 2.56. The van der Waals surface area contributed by atoms with Gasteiger partial charge < -0.3 is 4.42 Å². The Hall–Kier alpha value is -2.45. The Bertz CT molecular complexity index is 1010. The Morgan fingerprint density at radius 2 is 2.12 bits per heavy atom. The molecule has 0 aliphatic heterocycles. The summed E-state index contributed by atoms with van der Waals surface area (Å²) in [6, 6.07) is 12.1. The highest BCUT2D eigenvalue weighted by atomic mass is 32.2. The van der Waals surface area contributed by atoms with Crippen molar-refractivity contribution in [1.29, 1.82) is 0 Å². The van der Waals surface area contributed by atoms with Gasteiger partial charge in [-0.3, -0.25) is 4.57 Å². The van der Waals surface area contributed by atoms with Crippen LogP contribution in [0.4, 0.5) is 0 Å². The SMILES string of the molecule is CCc1nsc(Sc2nnc(-c3cccc(C)c3)n2Cc2ccco2)n1. The lowest BCUT2D eigenvalue weighted by Crippen LogP contribution is -2.03. The third kappa shape index (κ3) is 3.56. The molecule has 0 amide bonds. The van der Waals surface area contributed by atoms with Gasteiger partial charge in [0.05, 0.1) is 12.8 Å². The van der Waals surface area contributed by atoms with Crippen LogP contribution in [0.2, 0.25) is 0 Å². The van der Waals surface area contributed by atoms with E-state index in [2.05, 4.69) is 43.2 Å². The first-order valence-corrected chi connectivity index (χ1v) is 9.85. The van der Waals surface area contributed by atoms with Gasteiger partial charge in [-0.1, -0.05) is 30.7 Å². The van der Waals surface area contributed by atoms with E-state index in [1.54, 1.807) is 6.26 Å². The van der Waals surface area contributed by atoms with E-state index < -0.39 is 0 Å². The van der Waals surface area contributed by atoms with Crippen LogP contribution >= 0.6 is 23.3 Å². The second kappa shape index (κ2) is 7.43. The Balaban J connectivity index is 1.73. The zero-order chi connectivity index (χ0) is 17.9. The lowest BCUT2D eigenvalue weighted by molar-refractivity contribution is 0.485. The molecule has 0 bridgehead atoms. The number of nitrogens with zero attached hydrogens (tertiary/aromatic N) is 5. The number of rotatable bonds is 6. The van der Waals surface area contributed by atoms with Crippen molar-refractivity contribution in [1.82, 2.24) is 24.1 Å². The van der Waals surface area contributed by atoms with Crippen molar-refractivity contribution in [3.05, 3.63) is 59.8 Å². The normalized spacial score (nSPS) is 11.2. The van der Waals surface area contributed by atoms with Gasteiger partial charge in [0.25, 0.3) is 0 Å². The molecule has 0 saturated heterocycles. The Labute approximate surface area is 159 Å². The molecule has 4 aromatic rings. The molecule has 8 heteroatoms. The van der Waals surface area contributed by atoms with Crippen LogP contribution in [0.5, 0.6) is 0 Å². The fourth-order valence-corrected chi connectivity index (χ4v) is 4.20. The topological polar surface area (TPSA) is 69.6 Å². The number of furan rings is 1. The number of hydrogen-bond acceptors (Lipinski definition) is 7. The molecule has 0 spiro atoms. The zero-order valence-corrected chi connectivity index (χ0v) is 16.0. The van der Waals surface area contributed by atoms with Gasteiger partial charge in [-0.15, -0.1) is 10.2 Å². The van der Waals surface area contributed by atoms with Gasteiger partial charge in [-0.05, 0) is 48.4 Å². The monoisotopic (exact) mass is 383 g/mol. The summed E-state index contributed by atoms with van der Waals surface area (Å²) in [5.74, 6) is 2.52. The fraction of sp³-hybridized carbons (Fsp3) is 0.222. The minimum atomic E-state index is 0.561. The average Bonchev–Trinajstić information content (AvgIpc) is 3.38. The van der Waals surface area contributed by atoms with Crippen molar-refractivity contribution in [3.8, 4) is 11.4 Å². The van der Waals surface area contributed by atoms with Gasteiger partial charge in [0.1, 0.15) is 11.6 Å². The highest BCUT2D eigenvalue weighted by Crippen LogP contribution is 2.31. The first-order valence-electron chi connectivity index (χ1n) is 8.26. The van der Waals surface area contributed by atoms with E-state index in [1.165, 1.54) is 28.9 Å². The molecule has 4 rings (SSSR count). The lowest BCUT2D eigenvalue weighted by atomic mass is 10.1. The average molecular weight is 384 g/mol. The van der Waals surface area contributed by atoms with Gasteiger partial charge in [0, 0.05) is 12.0 Å². The van der Waals surface area contributed by atoms with Crippen LogP contribution in [0, 0.1) is 6.92 Å². The maximum Gasteiger partial charge on any atom is 0.199 e. The van der Waals surface area contributed by atoms with Gasteiger partial charge in [0.15, 0.2) is 15.3 Å². The first kappa shape index (κ1) is 17.0. The van der Waals surface area contributed by atoms with E-state index in [-0.39, 0.29) is 0 Å². The van der Waals surface area contributed by atoms with E-state index in [0.717, 1.165) is 38.9 Å².